The van der Waals surface area contributed by atoms with Gasteiger partial charge in [0.25, 0.3) is 0 Å². The second-order valence-corrected chi connectivity index (χ2v) is 2.54. The predicted octanol–water partition coefficient (Wildman–Crippen LogP) is 0.141. The van der Waals surface area contributed by atoms with Crippen LogP contribution in [0.3, 0.4) is 0 Å². The molecule has 0 spiro atoms. The van der Waals surface area contributed by atoms with Crippen molar-refractivity contribution in [3.8, 4) is 0 Å². The number of hydrogen-bond acceptors (Lipinski definition) is 3. The molecule has 0 amide bonds. The second kappa shape index (κ2) is 2.64. The van der Waals surface area contributed by atoms with Gasteiger partial charge in [-0.25, -0.2) is 0 Å². The van der Waals surface area contributed by atoms with Gasteiger partial charge in [0.1, 0.15) is 6.23 Å². The maximum absolute atomic E-state index is 5.36. The van der Waals surface area contributed by atoms with E-state index in [1.165, 1.54) is 0 Å². The molecule has 0 bridgehead atoms. The summed E-state index contributed by atoms with van der Waals surface area (Å²) in [5, 5.41) is 1.88. The maximum Gasteiger partial charge on any atom is 0.129 e. The molecule has 3 nitrogen and oxygen atoms in total. The summed E-state index contributed by atoms with van der Waals surface area (Å²) in [5.74, 6) is 0. The Bertz CT molecular complexity index is 97.1. The van der Waals surface area contributed by atoms with Crippen LogP contribution >= 0.6 is 0 Å². The van der Waals surface area contributed by atoms with Gasteiger partial charge in [-0.1, -0.05) is 0 Å². The van der Waals surface area contributed by atoms with Crippen LogP contribution < -0.4 is 0 Å². The summed E-state index contributed by atoms with van der Waals surface area (Å²) in [5.41, 5.74) is 0. The molecule has 0 N–H and O–H groups in total. The van der Waals surface area contributed by atoms with Gasteiger partial charge in [0, 0.05) is 20.1 Å². The molecule has 0 unspecified atom stereocenters. The van der Waals surface area contributed by atoms with Crippen LogP contribution in [-0.4, -0.2) is 43.4 Å². The Morgan fingerprint density at radius 3 is 2.44 bits per heavy atom. The van der Waals surface area contributed by atoms with Gasteiger partial charge in [-0.15, -0.1) is 0 Å². The molecule has 1 saturated heterocycles. The van der Waals surface area contributed by atoms with Gasteiger partial charge in [-0.05, 0) is 14.0 Å². The fourth-order valence-electron chi connectivity index (χ4n) is 0.874. The first-order chi connectivity index (χ1) is 4.20. The molecule has 54 valence electrons. The molecule has 1 atom stereocenters. The molecular weight excluding hydrogens is 116 g/mol. The number of hydroxylamine groups is 2. The standard InChI is InChI=1S/C6H14N2O/c1-6-7(2)4-5-8(3)9-6/h6H,4-5H2,1-3H3/t6-/m1/s1. The first-order valence-corrected chi connectivity index (χ1v) is 3.28. The molecule has 0 radical (unpaired) electrons. The van der Waals surface area contributed by atoms with Crippen molar-refractivity contribution in [1.82, 2.24) is 9.96 Å². The van der Waals surface area contributed by atoms with E-state index >= 15 is 0 Å². The van der Waals surface area contributed by atoms with E-state index in [4.69, 9.17) is 4.84 Å². The third-order valence-electron chi connectivity index (χ3n) is 1.72. The first-order valence-electron chi connectivity index (χ1n) is 3.28. The molecule has 0 aromatic rings. The Hall–Kier alpha value is -0.120. The lowest BCUT2D eigenvalue weighted by atomic mass is 10.4. The van der Waals surface area contributed by atoms with Crippen LogP contribution in [0, 0.1) is 0 Å². The fraction of sp³-hybridized carbons (Fsp3) is 1.00. The molecular formula is C6H14N2O. The van der Waals surface area contributed by atoms with E-state index in [2.05, 4.69) is 18.9 Å². The lowest BCUT2D eigenvalue weighted by Gasteiger charge is -2.34. The predicted molar refractivity (Wildman–Crippen MR) is 35.8 cm³/mol. The van der Waals surface area contributed by atoms with E-state index in [1.807, 2.05) is 12.1 Å². The van der Waals surface area contributed by atoms with Crippen molar-refractivity contribution >= 4 is 0 Å². The Kier molecular flexibility index (Phi) is 2.05. The highest BCUT2D eigenvalue weighted by Crippen LogP contribution is 2.05. The van der Waals surface area contributed by atoms with Gasteiger partial charge in [-0.3, -0.25) is 9.74 Å². The van der Waals surface area contributed by atoms with Crippen LogP contribution in [0.25, 0.3) is 0 Å². The molecule has 0 aliphatic carbocycles. The zero-order valence-corrected chi connectivity index (χ0v) is 6.29. The molecule has 1 aliphatic heterocycles. The first kappa shape index (κ1) is 6.99. The zero-order valence-electron chi connectivity index (χ0n) is 6.29. The van der Waals surface area contributed by atoms with Crippen LogP contribution in [0.1, 0.15) is 6.92 Å². The number of nitrogens with zero attached hydrogens (tertiary/aromatic N) is 2. The minimum atomic E-state index is 0.240. The topological polar surface area (TPSA) is 15.7 Å². The lowest BCUT2D eigenvalue weighted by molar-refractivity contribution is -0.247. The lowest BCUT2D eigenvalue weighted by Crippen LogP contribution is -2.46. The third-order valence-corrected chi connectivity index (χ3v) is 1.72. The Labute approximate surface area is 56.1 Å². The molecule has 0 saturated carbocycles. The minimum absolute atomic E-state index is 0.240. The average Bonchev–Trinajstić information content (AvgIpc) is 1.80. The van der Waals surface area contributed by atoms with Gasteiger partial charge in [0.15, 0.2) is 0 Å². The highest BCUT2D eigenvalue weighted by Gasteiger charge is 2.17. The van der Waals surface area contributed by atoms with Crippen LogP contribution in [0.15, 0.2) is 0 Å². The van der Waals surface area contributed by atoms with Crippen LogP contribution in [0.4, 0.5) is 0 Å². The SMILES string of the molecule is C[C@H]1ON(C)CCN1C. The Morgan fingerprint density at radius 1 is 1.33 bits per heavy atom. The summed E-state index contributed by atoms with van der Waals surface area (Å²) >= 11 is 0. The number of likely N-dealkylation sites (N-methyl/N-ethyl adjacent to an activating group) is 2. The Morgan fingerprint density at radius 2 is 2.00 bits per heavy atom. The maximum atomic E-state index is 5.36. The normalized spacial score (nSPS) is 33.0. The van der Waals surface area contributed by atoms with Gasteiger partial charge in [0.2, 0.25) is 0 Å². The third kappa shape index (κ3) is 1.64. The molecule has 9 heavy (non-hydrogen) atoms. The second-order valence-electron chi connectivity index (χ2n) is 2.54. The van der Waals surface area contributed by atoms with Gasteiger partial charge >= 0.3 is 0 Å². The van der Waals surface area contributed by atoms with E-state index < -0.39 is 0 Å². The van der Waals surface area contributed by atoms with Crippen molar-refractivity contribution in [2.24, 2.45) is 0 Å². The smallest absolute Gasteiger partial charge is 0.129 e. The monoisotopic (exact) mass is 130 g/mol. The van der Waals surface area contributed by atoms with E-state index in [0.29, 0.717) is 0 Å². The Balaban J connectivity index is 2.35. The quantitative estimate of drug-likeness (QED) is 0.464. The van der Waals surface area contributed by atoms with E-state index in [9.17, 15) is 0 Å². The molecule has 3 heteroatoms. The van der Waals surface area contributed by atoms with Crippen molar-refractivity contribution in [3.63, 3.8) is 0 Å². The molecule has 1 rings (SSSR count). The molecule has 1 aliphatic rings. The van der Waals surface area contributed by atoms with Crippen LogP contribution in [-0.2, 0) is 4.84 Å². The number of hydrogen-bond donors (Lipinski definition) is 0. The summed E-state index contributed by atoms with van der Waals surface area (Å²) in [6, 6.07) is 0. The summed E-state index contributed by atoms with van der Waals surface area (Å²) in [6.07, 6.45) is 0.240. The molecule has 0 aromatic carbocycles. The number of rotatable bonds is 0. The fourth-order valence-corrected chi connectivity index (χ4v) is 0.874. The van der Waals surface area contributed by atoms with E-state index in [-0.39, 0.29) is 6.23 Å². The van der Waals surface area contributed by atoms with Crippen molar-refractivity contribution in [2.45, 2.75) is 13.2 Å². The molecule has 1 heterocycles. The van der Waals surface area contributed by atoms with Gasteiger partial charge in [-0.2, -0.15) is 5.06 Å². The van der Waals surface area contributed by atoms with Crippen molar-refractivity contribution in [3.05, 3.63) is 0 Å². The highest BCUT2D eigenvalue weighted by molar-refractivity contribution is 4.58. The summed E-state index contributed by atoms with van der Waals surface area (Å²) in [4.78, 5) is 7.54. The molecule has 0 aromatic heterocycles. The van der Waals surface area contributed by atoms with Crippen LogP contribution in [0.2, 0.25) is 0 Å². The van der Waals surface area contributed by atoms with Crippen molar-refractivity contribution in [1.29, 1.82) is 0 Å². The van der Waals surface area contributed by atoms with Gasteiger partial charge < -0.3 is 0 Å². The van der Waals surface area contributed by atoms with E-state index in [0.717, 1.165) is 13.1 Å². The van der Waals surface area contributed by atoms with Gasteiger partial charge in [0.05, 0.1) is 0 Å². The summed E-state index contributed by atoms with van der Waals surface area (Å²) < 4.78 is 0. The summed E-state index contributed by atoms with van der Waals surface area (Å²) in [6.45, 7) is 4.15. The minimum Gasteiger partial charge on any atom is -0.280 e. The van der Waals surface area contributed by atoms with Crippen LogP contribution in [0.5, 0.6) is 0 Å². The summed E-state index contributed by atoms with van der Waals surface area (Å²) in [7, 11) is 4.03. The molecule has 1 fully saturated rings. The zero-order chi connectivity index (χ0) is 6.85. The highest BCUT2D eigenvalue weighted by atomic mass is 16.7. The average molecular weight is 130 g/mol. The van der Waals surface area contributed by atoms with Crippen molar-refractivity contribution < 1.29 is 4.84 Å². The van der Waals surface area contributed by atoms with E-state index in [1.54, 1.807) is 0 Å². The van der Waals surface area contributed by atoms with Crippen molar-refractivity contribution in [2.75, 3.05) is 27.2 Å². The largest absolute Gasteiger partial charge is 0.280 e.